The van der Waals surface area contributed by atoms with Crippen molar-refractivity contribution < 1.29 is 5.11 Å². The molecule has 0 aromatic rings. The Labute approximate surface area is 68.2 Å². The normalized spacial score (nSPS) is 30.3. The van der Waals surface area contributed by atoms with Gasteiger partial charge in [-0.15, -0.1) is 0 Å². The number of aliphatic hydroxyl groups is 1. The van der Waals surface area contributed by atoms with Crippen LogP contribution >= 0.6 is 0 Å². The molecule has 3 nitrogen and oxygen atoms in total. The van der Waals surface area contributed by atoms with E-state index in [1.807, 2.05) is 6.92 Å². The highest BCUT2D eigenvalue weighted by molar-refractivity contribution is 4.78. The maximum atomic E-state index is 8.89. The number of hydrogen-bond acceptors (Lipinski definition) is 3. The standard InChI is InChI=1S/C8H18N2O/c1-7(6-11)10-4-2-3-8(9)5-10/h7-8,11H,2-6,9H2,1H3/t7-,8+/m1/s1. The fraction of sp³-hybridized carbons (Fsp3) is 1.00. The largest absolute Gasteiger partial charge is 0.395 e. The molecular formula is C8H18N2O. The lowest BCUT2D eigenvalue weighted by Gasteiger charge is -2.34. The first-order valence-electron chi connectivity index (χ1n) is 4.34. The van der Waals surface area contributed by atoms with E-state index < -0.39 is 0 Å². The van der Waals surface area contributed by atoms with Gasteiger partial charge in [-0.2, -0.15) is 0 Å². The van der Waals surface area contributed by atoms with Gasteiger partial charge in [0.05, 0.1) is 6.61 Å². The summed E-state index contributed by atoms with van der Waals surface area (Å²) in [5.41, 5.74) is 5.79. The predicted molar refractivity (Wildman–Crippen MR) is 45.3 cm³/mol. The second-order valence-electron chi connectivity index (χ2n) is 3.43. The average Bonchev–Trinajstić information content (AvgIpc) is 2.03. The summed E-state index contributed by atoms with van der Waals surface area (Å²) in [5, 5.41) is 8.89. The molecule has 2 atom stereocenters. The van der Waals surface area contributed by atoms with E-state index in [0.29, 0.717) is 6.04 Å². The molecule has 3 N–H and O–H groups in total. The monoisotopic (exact) mass is 158 g/mol. The van der Waals surface area contributed by atoms with Gasteiger partial charge in [-0.3, -0.25) is 4.90 Å². The van der Waals surface area contributed by atoms with Gasteiger partial charge >= 0.3 is 0 Å². The fourth-order valence-electron chi connectivity index (χ4n) is 1.56. The predicted octanol–water partition coefficient (Wildman–Crippen LogP) is -0.210. The lowest BCUT2D eigenvalue weighted by molar-refractivity contribution is 0.107. The molecule has 3 heteroatoms. The maximum absolute atomic E-state index is 8.89. The molecule has 0 bridgehead atoms. The van der Waals surface area contributed by atoms with Crippen LogP contribution < -0.4 is 5.73 Å². The molecule has 1 aliphatic heterocycles. The third-order valence-corrected chi connectivity index (χ3v) is 2.38. The number of likely N-dealkylation sites (tertiary alicyclic amines) is 1. The molecular weight excluding hydrogens is 140 g/mol. The fourth-order valence-corrected chi connectivity index (χ4v) is 1.56. The van der Waals surface area contributed by atoms with Crippen molar-refractivity contribution in [3.63, 3.8) is 0 Å². The van der Waals surface area contributed by atoms with Crippen LogP contribution in [0.15, 0.2) is 0 Å². The Hall–Kier alpha value is -0.120. The molecule has 0 spiro atoms. The van der Waals surface area contributed by atoms with Crippen molar-refractivity contribution in [2.45, 2.75) is 31.8 Å². The topological polar surface area (TPSA) is 49.5 Å². The molecule has 0 saturated carbocycles. The lowest BCUT2D eigenvalue weighted by atomic mass is 10.1. The summed E-state index contributed by atoms with van der Waals surface area (Å²) in [6.07, 6.45) is 2.31. The minimum Gasteiger partial charge on any atom is -0.395 e. The highest BCUT2D eigenvalue weighted by Crippen LogP contribution is 2.10. The van der Waals surface area contributed by atoms with Crippen LogP contribution in [0.3, 0.4) is 0 Å². The zero-order valence-electron chi connectivity index (χ0n) is 7.16. The van der Waals surface area contributed by atoms with Gasteiger partial charge in [0.25, 0.3) is 0 Å². The van der Waals surface area contributed by atoms with Crippen molar-refractivity contribution in [3.05, 3.63) is 0 Å². The highest BCUT2D eigenvalue weighted by atomic mass is 16.3. The second-order valence-corrected chi connectivity index (χ2v) is 3.43. The van der Waals surface area contributed by atoms with Gasteiger partial charge in [0.2, 0.25) is 0 Å². The van der Waals surface area contributed by atoms with Crippen molar-refractivity contribution in [3.8, 4) is 0 Å². The molecule has 1 rings (SSSR count). The average molecular weight is 158 g/mol. The number of rotatable bonds is 2. The second kappa shape index (κ2) is 4.04. The van der Waals surface area contributed by atoms with Crippen LogP contribution in [0.25, 0.3) is 0 Å². The van der Waals surface area contributed by atoms with Crippen molar-refractivity contribution >= 4 is 0 Å². The van der Waals surface area contributed by atoms with E-state index in [1.165, 1.54) is 6.42 Å². The zero-order valence-corrected chi connectivity index (χ0v) is 7.16. The van der Waals surface area contributed by atoms with Crippen molar-refractivity contribution in [2.24, 2.45) is 5.73 Å². The Kier molecular flexibility index (Phi) is 3.30. The molecule has 0 amide bonds. The highest BCUT2D eigenvalue weighted by Gasteiger charge is 2.19. The lowest BCUT2D eigenvalue weighted by Crippen LogP contribution is -2.47. The first-order chi connectivity index (χ1) is 5.24. The van der Waals surface area contributed by atoms with E-state index in [0.717, 1.165) is 19.5 Å². The smallest absolute Gasteiger partial charge is 0.0584 e. The van der Waals surface area contributed by atoms with E-state index >= 15 is 0 Å². The Morgan fingerprint density at radius 2 is 2.45 bits per heavy atom. The Morgan fingerprint density at radius 3 is 3.00 bits per heavy atom. The molecule has 0 radical (unpaired) electrons. The van der Waals surface area contributed by atoms with Crippen LogP contribution in [0.5, 0.6) is 0 Å². The van der Waals surface area contributed by atoms with Crippen LogP contribution in [0.4, 0.5) is 0 Å². The van der Waals surface area contributed by atoms with Gasteiger partial charge in [-0.1, -0.05) is 0 Å². The third-order valence-electron chi connectivity index (χ3n) is 2.38. The van der Waals surface area contributed by atoms with Gasteiger partial charge in [0, 0.05) is 18.6 Å². The van der Waals surface area contributed by atoms with Crippen LogP contribution in [-0.4, -0.2) is 41.8 Å². The SMILES string of the molecule is C[C@H](CO)N1CCC[C@H](N)C1. The van der Waals surface area contributed by atoms with Crippen LogP contribution in [0, 0.1) is 0 Å². The summed E-state index contributed by atoms with van der Waals surface area (Å²) in [7, 11) is 0. The molecule has 11 heavy (non-hydrogen) atoms. The minimum absolute atomic E-state index is 0.243. The van der Waals surface area contributed by atoms with Gasteiger partial charge < -0.3 is 10.8 Å². The maximum Gasteiger partial charge on any atom is 0.0584 e. The van der Waals surface area contributed by atoms with Crippen LogP contribution in [0.2, 0.25) is 0 Å². The van der Waals surface area contributed by atoms with E-state index in [1.54, 1.807) is 0 Å². The zero-order chi connectivity index (χ0) is 8.27. The van der Waals surface area contributed by atoms with E-state index in [-0.39, 0.29) is 12.6 Å². The summed E-state index contributed by atoms with van der Waals surface area (Å²) in [4.78, 5) is 2.26. The van der Waals surface area contributed by atoms with Gasteiger partial charge in [-0.25, -0.2) is 0 Å². The quantitative estimate of drug-likeness (QED) is 0.584. The number of nitrogens with two attached hydrogens (primary N) is 1. The summed E-state index contributed by atoms with van der Waals surface area (Å²) in [5.74, 6) is 0. The van der Waals surface area contributed by atoms with Gasteiger partial charge in [-0.05, 0) is 26.3 Å². The van der Waals surface area contributed by atoms with Crippen molar-refractivity contribution in [1.29, 1.82) is 0 Å². The number of aliphatic hydroxyl groups excluding tert-OH is 1. The Bertz CT molecular complexity index is 119. The van der Waals surface area contributed by atoms with Crippen molar-refractivity contribution in [2.75, 3.05) is 19.7 Å². The summed E-state index contributed by atoms with van der Waals surface area (Å²) < 4.78 is 0. The number of nitrogens with zero attached hydrogens (tertiary/aromatic N) is 1. The van der Waals surface area contributed by atoms with E-state index in [2.05, 4.69) is 4.90 Å². The molecule has 0 aliphatic carbocycles. The molecule has 66 valence electrons. The number of piperidine rings is 1. The molecule has 1 heterocycles. The Morgan fingerprint density at radius 1 is 1.73 bits per heavy atom. The van der Waals surface area contributed by atoms with E-state index in [9.17, 15) is 0 Å². The Balaban J connectivity index is 2.33. The molecule has 0 aromatic carbocycles. The number of hydrogen-bond donors (Lipinski definition) is 2. The minimum atomic E-state index is 0.243. The summed E-state index contributed by atoms with van der Waals surface area (Å²) in [6, 6.07) is 0.596. The van der Waals surface area contributed by atoms with Gasteiger partial charge in [0.1, 0.15) is 0 Å². The summed E-state index contributed by atoms with van der Waals surface area (Å²) in [6.45, 7) is 4.32. The summed E-state index contributed by atoms with van der Waals surface area (Å²) >= 11 is 0. The van der Waals surface area contributed by atoms with E-state index in [4.69, 9.17) is 10.8 Å². The first kappa shape index (κ1) is 8.97. The third kappa shape index (κ3) is 2.43. The molecule has 0 unspecified atom stereocenters. The van der Waals surface area contributed by atoms with Crippen LogP contribution in [0.1, 0.15) is 19.8 Å². The molecule has 0 aromatic heterocycles. The molecule has 1 aliphatic rings. The van der Waals surface area contributed by atoms with Gasteiger partial charge in [0.15, 0.2) is 0 Å². The molecule has 1 fully saturated rings. The molecule has 1 saturated heterocycles. The first-order valence-corrected chi connectivity index (χ1v) is 4.34. The van der Waals surface area contributed by atoms with Crippen molar-refractivity contribution in [1.82, 2.24) is 4.90 Å². The van der Waals surface area contributed by atoms with Crippen LogP contribution in [-0.2, 0) is 0 Å².